The molecular formula is C22H23FN2O2. The highest BCUT2D eigenvalue weighted by molar-refractivity contribution is 5.91. The molecule has 1 amide bonds. The molecule has 3 aromatic rings. The molecule has 0 radical (unpaired) electrons. The zero-order valence-electron chi connectivity index (χ0n) is 15.3. The van der Waals surface area contributed by atoms with Gasteiger partial charge in [-0.25, -0.2) is 4.39 Å². The zero-order valence-corrected chi connectivity index (χ0v) is 15.3. The number of halogens is 1. The van der Waals surface area contributed by atoms with Crippen molar-refractivity contribution in [3.05, 3.63) is 59.4 Å². The average molecular weight is 366 g/mol. The SMILES string of the molecule is Cc1c(-c2ccccc2F)[nH]c2ccc(CNC(=O)C3CCOCC3)cc12. The van der Waals surface area contributed by atoms with Gasteiger partial charge in [0.2, 0.25) is 5.91 Å². The number of rotatable bonds is 4. The van der Waals surface area contributed by atoms with Crippen LogP contribution in [0.5, 0.6) is 0 Å². The molecule has 2 heterocycles. The highest BCUT2D eigenvalue weighted by Crippen LogP contribution is 2.31. The van der Waals surface area contributed by atoms with E-state index >= 15 is 0 Å². The highest BCUT2D eigenvalue weighted by atomic mass is 19.1. The second-order valence-electron chi connectivity index (χ2n) is 7.09. The zero-order chi connectivity index (χ0) is 18.8. The summed E-state index contributed by atoms with van der Waals surface area (Å²) in [5.74, 6) is -0.100. The molecule has 140 valence electrons. The first-order chi connectivity index (χ1) is 13.1. The van der Waals surface area contributed by atoms with Gasteiger partial charge in [-0.2, -0.15) is 0 Å². The van der Waals surface area contributed by atoms with Crippen LogP contribution in [0, 0.1) is 18.7 Å². The number of carbonyl (C=O) groups is 1. The lowest BCUT2D eigenvalue weighted by Gasteiger charge is -2.21. The van der Waals surface area contributed by atoms with Crippen LogP contribution in [-0.2, 0) is 16.1 Å². The van der Waals surface area contributed by atoms with E-state index in [0.29, 0.717) is 25.3 Å². The lowest BCUT2D eigenvalue weighted by molar-refractivity contribution is -0.128. The summed E-state index contributed by atoms with van der Waals surface area (Å²) in [6.07, 6.45) is 1.57. The summed E-state index contributed by atoms with van der Waals surface area (Å²) in [5, 5.41) is 4.08. The molecule has 0 spiro atoms. The average Bonchev–Trinajstić information content (AvgIpc) is 3.03. The maximum absolute atomic E-state index is 14.2. The Morgan fingerprint density at radius 1 is 1.22 bits per heavy atom. The molecule has 4 rings (SSSR count). The van der Waals surface area contributed by atoms with Crippen LogP contribution >= 0.6 is 0 Å². The lowest BCUT2D eigenvalue weighted by Crippen LogP contribution is -2.33. The Hall–Kier alpha value is -2.66. The number of ether oxygens (including phenoxy) is 1. The summed E-state index contributed by atoms with van der Waals surface area (Å²) < 4.78 is 19.5. The Balaban J connectivity index is 1.55. The molecule has 5 heteroatoms. The van der Waals surface area contributed by atoms with Crippen molar-refractivity contribution in [2.45, 2.75) is 26.3 Å². The van der Waals surface area contributed by atoms with Crippen LogP contribution in [0.25, 0.3) is 22.2 Å². The molecule has 2 aromatic carbocycles. The smallest absolute Gasteiger partial charge is 0.223 e. The van der Waals surface area contributed by atoms with Gasteiger partial charge in [0.1, 0.15) is 5.82 Å². The van der Waals surface area contributed by atoms with Gasteiger partial charge in [0, 0.05) is 42.1 Å². The van der Waals surface area contributed by atoms with E-state index in [0.717, 1.165) is 40.6 Å². The monoisotopic (exact) mass is 366 g/mol. The van der Waals surface area contributed by atoms with E-state index in [-0.39, 0.29) is 17.6 Å². The first-order valence-corrected chi connectivity index (χ1v) is 9.35. The molecule has 1 aromatic heterocycles. The van der Waals surface area contributed by atoms with Crippen molar-refractivity contribution in [1.29, 1.82) is 0 Å². The van der Waals surface area contributed by atoms with Gasteiger partial charge in [0.25, 0.3) is 0 Å². The Morgan fingerprint density at radius 2 is 2.00 bits per heavy atom. The van der Waals surface area contributed by atoms with Crippen LogP contribution in [0.2, 0.25) is 0 Å². The molecular weight excluding hydrogens is 343 g/mol. The van der Waals surface area contributed by atoms with Crippen molar-refractivity contribution < 1.29 is 13.9 Å². The standard InChI is InChI=1S/C22H23FN2O2/c1-14-18-12-15(13-24-22(26)16-8-10-27-11-9-16)6-7-20(18)25-21(14)17-4-2-3-5-19(17)23/h2-7,12,16,25H,8-11,13H2,1H3,(H,24,26). The number of fused-ring (bicyclic) bond motifs is 1. The van der Waals surface area contributed by atoms with E-state index in [4.69, 9.17) is 4.74 Å². The molecule has 0 saturated carbocycles. The van der Waals surface area contributed by atoms with Crippen molar-refractivity contribution in [3.63, 3.8) is 0 Å². The van der Waals surface area contributed by atoms with Crippen molar-refractivity contribution in [2.75, 3.05) is 13.2 Å². The summed E-state index contributed by atoms with van der Waals surface area (Å²) in [7, 11) is 0. The van der Waals surface area contributed by atoms with Gasteiger partial charge in [-0.05, 0) is 55.2 Å². The van der Waals surface area contributed by atoms with Gasteiger partial charge in [0.05, 0.1) is 5.69 Å². The van der Waals surface area contributed by atoms with E-state index in [9.17, 15) is 9.18 Å². The van der Waals surface area contributed by atoms with E-state index in [1.165, 1.54) is 6.07 Å². The molecule has 1 aliphatic heterocycles. The number of aromatic nitrogens is 1. The largest absolute Gasteiger partial charge is 0.381 e. The minimum Gasteiger partial charge on any atom is -0.381 e. The number of H-pyrrole nitrogens is 1. The number of hydrogen-bond donors (Lipinski definition) is 2. The summed E-state index contributed by atoms with van der Waals surface area (Å²) >= 11 is 0. The summed E-state index contributed by atoms with van der Waals surface area (Å²) in [6, 6.07) is 12.8. The van der Waals surface area contributed by atoms with Crippen LogP contribution in [-0.4, -0.2) is 24.1 Å². The first-order valence-electron chi connectivity index (χ1n) is 9.35. The Bertz CT molecular complexity index is 974. The first kappa shape index (κ1) is 17.7. The number of aromatic amines is 1. The predicted molar refractivity (Wildman–Crippen MR) is 104 cm³/mol. The number of aryl methyl sites for hydroxylation is 1. The molecule has 2 N–H and O–H groups in total. The van der Waals surface area contributed by atoms with Gasteiger partial charge in [-0.15, -0.1) is 0 Å². The van der Waals surface area contributed by atoms with E-state index < -0.39 is 0 Å². The number of benzene rings is 2. The maximum atomic E-state index is 14.2. The Morgan fingerprint density at radius 3 is 2.78 bits per heavy atom. The van der Waals surface area contributed by atoms with Gasteiger partial charge in [-0.3, -0.25) is 4.79 Å². The van der Waals surface area contributed by atoms with E-state index in [2.05, 4.69) is 16.4 Å². The Kier molecular flexibility index (Phi) is 4.94. The van der Waals surface area contributed by atoms with Gasteiger partial charge >= 0.3 is 0 Å². The van der Waals surface area contributed by atoms with Gasteiger partial charge < -0.3 is 15.0 Å². The number of carbonyl (C=O) groups excluding carboxylic acids is 1. The van der Waals surface area contributed by atoms with E-state index in [1.54, 1.807) is 12.1 Å². The summed E-state index contributed by atoms with van der Waals surface area (Å²) in [4.78, 5) is 15.6. The second-order valence-corrected chi connectivity index (χ2v) is 7.09. The molecule has 0 unspecified atom stereocenters. The normalized spacial score (nSPS) is 15.2. The van der Waals surface area contributed by atoms with Crippen LogP contribution < -0.4 is 5.32 Å². The van der Waals surface area contributed by atoms with Crippen LogP contribution in [0.4, 0.5) is 4.39 Å². The molecule has 1 aliphatic rings. The molecule has 4 nitrogen and oxygen atoms in total. The topological polar surface area (TPSA) is 54.1 Å². The van der Waals surface area contributed by atoms with Crippen LogP contribution in [0.15, 0.2) is 42.5 Å². The number of amides is 1. The predicted octanol–water partition coefficient (Wildman–Crippen LogP) is 4.33. The molecule has 0 atom stereocenters. The van der Waals surface area contributed by atoms with Gasteiger partial charge in [0.15, 0.2) is 0 Å². The van der Waals surface area contributed by atoms with Crippen molar-refractivity contribution in [3.8, 4) is 11.3 Å². The molecule has 1 fully saturated rings. The van der Waals surface area contributed by atoms with Gasteiger partial charge in [-0.1, -0.05) is 18.2 Å². The van der Waals surface area contributed by atoms with Crippen LogP contribution in [0.1, 0.15) is 24.0 Å². The molecule has 27 heavy (non-hydrogen) atoms. The van der Waals surface area contributed by atoms with Crippen molar-refractivity contribution in [2.24, 2.45) is 5.92 Å². The fraction of sp³-hybridized carbons (Fsp3) is 0.318. The third-order valence-electron chi connectivity index (χ3n) is 5.32. The summed E-state index contributed by atoms with van der Waals surface area (Å²) in [6.45, 7) is 3.80. The third kappa shape index (κ3) is 3.60. The second kappa shape index (κ2) is 7.53. The van der Waals surface area contributed by atoms with Crippen molar-refractivity contribution in [1.82, 2.24) is 10.3 Å². The highest BCUT2D eigenvalue weighted by Gasteiger charge is 2.21. The van der Waals surface area contributed by atoms with Crippen molar-refractivity contribution >= 4 is 16.8 Å². The Labute approximate surface area is 157 Å². The molecule has 0 aliphatic carbocycles. The number of nitrogens with one attached hydrogen (secondary N) is 2. The quantitative estimate of drug-likeness (QED) is 0.722. The van der Waals surface area contributed by atoms with Crippen LogP contribution in [0.3, 0.4) is 0 Å². The lowest BCUT2D eigenvalue weighted by atomic mass is 9.99. The third-order valence-corrected chi connectivity index (χ3v) is 5.32. The maximum Gasteiger partial charge on any atom is 0.223 e. The fourth-order valence-electron chi connectivity index (χ4n) is 3.71. The van der Waals surface area contributed by atoms with E-state index in [1.807, 2.05) is 25.1 Å². The number of hydrogen-bond acceptors (Lipinski definition) is 2. The minimum absolute atomic E-state index is 0.0455. The molecule has 0 bridgehead atoms. The molecule has 1 saturated heterocycles. The summed E-state index contributed by atoms with van der Waals surface area (Å²) in [5.41, 5.74) is 4.37. The fourth-order valence-corrected chi connectivity index (χ4v) is 3.71. The minimum atomic E-state index is -0.240.